The summed E-state index contributed by atoms with van der Waals surface area (Å²) in [6.45, 7) is 5.10. The quantitative estimate of drug-likeness (QED) is 0.487. The fraction of sp³-hybridized carbons (Fsp3) is 0.385. The molecule has 0 spiro atoms. The number of halogens is 1. The van der Waals surface area contributed by atoms with E-state index in [1.807, 2.05) is 25.1 Å². The summed E-state index contributed by atoms with van der Waals surface area (Å²) in [6, 6.07) is 5.80. The minimum Gasteiger partial charge on any atom is -0.456 e. The molecule has 0 aliphatic heterocycles. The number of hydrogen-bond acceptors (Lipinski definition) is 4. The largest absolute Gasteiger partial charge is 0.456 e. The van der Waals surface area contributed by atoms with Gasteiger partial charge in [-0.3, -0.25) is 4.79 Å². The first-order valence-electron chi connectivity index (χ1n) is 5.50. The van der Waals surface area contributed by atoms with Crippen LogP contribution in [0.15, 0.2) is 27.8 Å². The Balaban J connectivity index is 3.12. The van der Waals surface area contributed by atoms with Gasteiger partial charge in [0.2, 0.25) is 0 Å². The van der Waals surface area contributed by atoms with Crippen molar-refractivity contribution in [1.29, 1.82) is 0 Å². The molecular formula is C13H16BrNO3. The van der Waals surface area contributed by atoms with Crippen LogP contribution in [0.5, 0.6) is 0 Å². The summed E-state index contributed by atoms with van der Waals surface area (Å²) in [4.78, 5) is 15.8. The zero-order chi connectivity index (χ0) is 13.7. The Kier molecular flexibility index (Phi) is 5.34. The molecule has 0 aliphatic carbocycles. The molecule has 1 rings (SSSR count). The molecule has 0 N–H and O–H groups in total. The summed E-state index contributed by atoms with van der Waals surface area (Å²) in [5.41, 5.74) is 2.52. The fourth-order valence-corrected chi connectivity index (χ4v) is 2.14. The number of carbonyl (C=O) groups excluding carboxylic acids is 1. The van der Waals surface area contributed by atoms with Gasteiger partial charge in [-0.2, -0.15) is 0 Å². The maximum absolute atomic E-state index is 11.0. The number of oxime groups is 1. The Morgan fingerprint density at radius 3 is 2.61 bits per heavy atom. The Labute approximate surface area is 115 Å². The van der Waals surface area contributed by atoms with Gasteiger partial charge in [-0.1, -0.05) is 27.2 Å². The monoisotopic (exact) mass is 313 g/mol. The Bertz CT molecular complexity index is 471. The van der Waals surface area contributed by atoms with Crippen LogP contribution in [-0.2, 0) is 14.4 Å². The SMILES string of the molecule is CO/N=C(/c1ccc(Br)cc1C)C(C)OC(C)=O. The lowest BCUT2D eigenvalue weighted by Crippen LogP contribution is -2.25. The number of aryl methyl sites for hydroxylation is 1. The van der Waals surface area contributed by atoms with E-state index in [4.69, 9.17) is 9.57 Å². The zero-order valence-electron chi connectivity index (χ0n) is 10.9. The molecule has 0 heterocycles. The second-order valence-corrected chi connectivity index (χ2v) is 4.79. The average molecular weight is 314 g/mol. The predicted octanol–water partition coefficient (Wildman–Crippen LogP) is 3.06. The standard InChI is InChI=1S/C13H16BrNO3/c1-8-7-11(14)5-6-12(8)13(15-17-4)9(2)18-10(3)16/h5-7,9H,1-4H3/b15-13+. The lowest BCUT2D eigenvalue weighted by molar-refractivity contribution is -0.142. The highest BCUT2D eigenvalue weighted by Gasteiger charge is 2.18. The predicted molar refractivity (Wildman–Crippen MR) is 73.7 cm³/mol. The van der Waals surface area contributed by atoms with Gasteiger partial charge in [0.05, 0.1) is 0 Å². The van der Waals surface area contributed by atoms with Crippen molar-refractivity contribution in [2.24, 2.45) is 5.16 Å². The molecule has 4 nitrogen and oxygen atoms in total. The Morgan fingerprint density at radius 2 is 2.11 bits per heavy atom. The van der Waals surface area contributed by atoms with Gasteiger partial charge in [-0.25, -0.2) is 0 Å². The molecule has 0 amide bonds. The van der Waals surface area contributed by atoms with Gasteiger partial charge in [0, 0.05) is 17.0 Å². The van der Waals surface area contributed by atoms with E-state index in [0.717, 1.165) is 15.6 Å². The maximum Gasteiger partial charge on any atom is 0.303 e. The molecule has 1 aromatic rings. The molecule has 0 bridgehead atoms. The van der Waals surface area contributed by atoms with Crippen LogP contribution in [-0.4, -0.2) is 24.9 Å². The second-order valence-electron chi connectivity index (χ2n) is 3.87. The number of rotatable bonds is 4. The van der Waals surface area contributed by atoms with E-state index < -0.39 is 6.10 Å². The third-order valence-electron chi connectivity index (χ3n) is 2.38. The van der Waals surface area contributed by atoms with Crippen molar-refractivity contribution in [3.05, 3.63) is 33.8 Å². The highest BCUT2D eigenvalue weighted by atomic mass is 79.9. The van der Waals surface area contributed by atoms with Crippen LogP contribution in [0.4, 0.5) is 0 Å². The van der Waals surface area contributed by atoms with Gasteiger partial charge in [0.1, 0.15) is 18.9 Å². The lowest BCUT2D eigenvalue weighted by Gasteiger charge is -2.16. The first-order valence-corrected chi connectivity index (χ1v) is 6.29. The smallest absolute Gasteiger partial charge is 0.303 e. The Morgan fingerprint density at radius 1 is 1.44 bits per heavy atom. The number of ether oxygens (including phenoxy) is 1. The van der Waals surface area contributed by atoms with Crippen molar-refractivity contribution in [3.63, 3.8) is 0 Å². The van der Waals surface area contributed by atoms with Gasteiger partial charge in [0.25, 0.3) is 0 Å². The highest BCUT2D eigenvalue weighted by Crippen LogP contribution is 2.19. The average Bonchev–Trinajstić information content (AvgIpc) is 2.25. The molecule has 0 saturated carbocycles. The van der Waals surface area contributed by atoms with E-state index in [1.165, 1.54) is 14.0 Å². The van der Waals surface area contributed by atoms with Gasteiger partial charge >= 0.3 is 5.97 Å². The highest BCUT2D eigenvalue weighted by molar-refractivity contribution is 9.10. The van der Waals surface area contributed by atoms with Crippen LogP contribution in [0.25, 0.3) is 0 Å². The molecule has 0 aliphatic rings. The van der Waals surface area contributed by atoms with Crippen molar-refractivity contribution < 1.29 is 14.4 Å². The minimum absolute atomic E-state index is 0.346. The Hall–Kier alpha value is -1.36. The summed E-state index contributed by atoms with van der Waals surface area (Å²) >= 11 is 3.41. The zero-order valence-corrected chi connectivity index (χ0v) is 12.4. The maximum atomic E-state index is 11.0. The summed E-state index contributed by atoms with van der Waals surface area (Å²) in [6.07, 6.45) is -0.456. The number of hydrogen-bond donors (Lipinski definition) is 0. The lowest BCUT2D eigenvalue weighted by atomic mass is 10.0. The number of carbonyl (C=O) groups is 1. The van der Waals surface area contributed by atoms with Crippen molar-refractivity contribution in [3.8, 4) is 0 Å². The molecule has 1 atom stereocenters. The van der Waals surface area contributed by atoms with Gasteiger partial charge < -0.3 is 9.57 Å². The van der Waals surface area contributed by atoms with E-state index in [1.54, 1.807) is 6.92 Å². The molecule has 0 aromatic heterocycles. The number of benzene rings is 1. The van der Waals surface area contributed by atoms with Gasteiger partial charge in [-0.05, 0) is 31.5 Å². The van der Waals surface area contributed by atoms with Crippen LogP contribution in [0.1, 0.15) is 25.0 Å². The molecule has 0 saturated heterocycles. The van der Waals surface area contributed by atoms with E-state index in [-0.39, 0.29) is 5.97 Å². The van der Waals surface area contributed by atoms with Crippen molar-refractivity contribution in [2.45, 2.75) is 26.9 Å². The van der Waals surface area contributed by atoms with Gasteiger partial charge in [-0.15, -0.1) is 0 Å². The third kappa shape index (κ3) is 3.84. The third-order valence-corrected chi connectivity index (χ3v) is 2.88. The summed E-state index contributed by atoms with van der Waals surface area (Å²) < 4.78 is 6.13. The van der Waals surface area contributed by atoms with E-state index in [2.05, 4.69) is 21.1 Å². The van der Waals surface area contributed by atoms with E-state index >= 15 is 0 Å². The summed E-state index contributed by atoms with van der Waals surface area (Å²) in [5.74, 6) is -0.346. The number of esters is 1. The van der Waals surface area contributed by atoms with Gasteiger partial charge in [0.15, 0.2) is 0 Å². The number of nitrogens with zero attached hydrogens (tertiary/aromatic N) is 1. The minimum atomic E-state index is -0.456. The van der Waals surface area contributed by atoms with Crippen LogP contribution in [0, 0.1) is 6.92 Å². The molecule has 0 fully saturated rings. The van der Waals surface area contributed by atoms with Crippen LogP contribution in [0.2, 0.25) is 0 Å². The molecule has 0 radical (unpaired) electrons. The first kappa shape index (κ1) is 14.7. The molecule has 1 unspecified atom stereocenters. The molecule has 1 aromatic carbocycles. The summed E-state index contributed by atoms with van der Waals surface area (Å²) in [7, 11) is 1.47. The topological polar surface area (TPSA) is 47.9 Å². The summed E-state index contributed by atoms with van der Waals surface area (Å²) in [5, 5.41) is 3.96. The first-order chi connectivity index (χ1) is 8.45. The molecule has 5 heteroatoms. The van der Waals surface area contributed by atoms with Crippen LogP contribution < -0.4 is 0 Å². The molecule has 18 heavy (non-hydrogen) atoms. The second kappa shape index (κ2) is 6.54. The molecule has 98 valence electrons. The van der Waals surface area contributed by atoms with Crippen LogP contribution >= 0.6 is 15.9 Å². The fourth-order valence-electron chi connectivity index (χ4n) is 1.66. The molecular weight excluding hydrogens is 298 g/mol. The van der Waals surface area contributed by atoms with Crippen LogP contribution in [0.3, 0.4) is 0 Å². The van der Waals surface area contributed by atoms with E-state index in [0.29, 0.717) is 5.71 Å². The van der Waals surface area contributed by atoms with Crippen molar-refractivity contribution in [1.82, 2.24) is 0 Å². The van der Waals surface area contributed by atoms with E-state index in [9.17, 15) is 4.79 Å². The normalized spacial score (nSPS) is 13.1. The van der Waals surface area contributed by atoms with Crippen molar-refractivity contribution >= 4 is 27.6 Å². The van der Waals surface area contributed by atoms with Crippen molar-refractivity contribution in [2.75, 3.05) is 7.11 Å².